The van der Waals surface area contributed by atoms with E-state index in [1.54, 1.807) is 13.2 Å². The Balaban J connectivity index is 2.32. The molecule has 0 saturated heterocycles. The van der Waals surface area contributed by atoms with Crippen LogP contribution in [0.4, 0.5) is 0 Å². The third-order valence-electron chi connectivity index (χ3n) is 2.20. The summed E-state index contributed by atoms with van der Waals surface area (Å²) < 4.78 is 0. The molecule has 1 heterocycles. The van der Waals surface area contributed by atoms with Crippen LogP contribution in [-0.4, -0.2) is 17.4 Å². The average Bonchev–Trinajstić information content (AvgIpc) is 2.62. The molecule has 1 aliphatic heterocycles. The summed E-state index contributed by atoms with van der Waals surface area (Å²) in [6.45, 7) is 0. The largest absolute Gasteiger partial charge is 0.276 e. The van der Waals surface area contributed by atoms with E-state index in [-0.39, 0.29) is 6.10 Å². The summed E-state index contributed by atoms with van der Waals surface area (Å²) in [4.78, 5) is 16.6. The van der Waals surface area contributed by atoms with Gasteiger partial charge < -0.3 is 0 Å². The van der Waals surface area contributed by atoms with Gasteiger partial charge in [0.25, 0.3) is 5.24 Å². The molecule has 0 aliphatic carbocycles. The molecule has 0 saturated carbocycles. The Kier molecular flexibility index (Phi) is 2.75. The van der Waals surface area contributed by atoms with Gasteiger partial charge in [0.2, 0.25) is 0 Å². The lowest BCUT2D eigenvalue weighted by molar-refractivity contribution is -0.120. The molecule has 1 aromatic rings. The third-order valence-corrected chi connectivity index (χ3v) is 2.42. The molecule has 1 unspecified atom stereocenters. The Morgan fingerprint density at radius 2 is 2.07 bits per heavy atom. The van der Waals surface area contributed by atoms with Crippen LogP contribution in [0.2, 0.25) is 0 Å². The highest BCUT2D eigenvalue weighted by Crippen LogP contribution is 2.32. The molecule has 4 heteroatoms. The van der Waals surface area contributed by atoms with E-state index in [2.05, 4.69) is 0 Å². The predicted octanol–water partition coefficient (Wildman–Crippen LogP) is 2.25. The maximum absolute atomic E-state index is 11.2. The maximum Gasteiger partial charge on any atom is 0.252 e. The first-order valence-corrected chi connectivity index (χ1v) is 4.92. The molecule has 0 N–H and O–H groups in total. The van der Waals surface area contributed by atoms with Crippen molar-refractivity contribution in [2.45, 2.75) is 6.10 Å². The maximum atomic E-state index is 11.2. The SMILES string of the molecule is CN1C=C(C(=O)Cl)C(c2ccccc2)O1. The second-order valence-corrected chi connectivity index (χ2v) is 3.64. The molecule has 0 spiro atoms. The number of hydrogen-bond donors (Lipinski definition) is 0. The van der Waals surface area contributed by atoms with Crippen LogP contribution in [0.5, 0.6) is 0 Å². The lowest BCUT2D eigenvalue weighted by Gasteiger charge is -2.14. The second kappa shape index (κ2) is 4.04. The first-order chi connectivity index (χ1) is 7.18. The van der Waals surface area contributed by atoms with Crippen molar-refractivity contribution in [1.82, 2.24) is 5.06 Å². The van der Waals surface area contributed by atoms with Crippen molar-refractivity contribution >= 4 is 16.8 Å². The molecular formula is C11H10ClNO2. The fraction of sp³-hybridized carbons (Fsp3) is 0.182. The number of hydroxylamine groups is 2. The number of hydrogen-bond acceptors (Lipinski definition) is 3. The minimum atomic E-state index is -0.479. The van der Waals surface area contributed by atoms with Gasteiger partial charge in [0.05, 0.1) is 5.57 Å². The Morgan fingerprint density at radius 1 is 1.40 bits per heavy atom. The Hall–Kier alpha value is -1.32. The number of nitrogens with zero attached hydrogens (tertiary/aromatic N) is 1. The molecule has 0 bridgehead atoms. The van der Waals surface area contributed by atoms with Crippen molar-refractivity contribution in [3.63, 3.8) is 0 Å². The van der Waals surface area contributed by atoms with Crippen molar-refractivity contribution in [2.75, 3.05) is 7.05 Å². The van der Waals surface area contributed by atoms with Crippen LogP contribution >= 0.6 is 11.6 Å². The van der Waals surface area contributed by atoms with Gasteiger partial charge in [0, 0.05) is 13.2 Å². The van der Waals surface area contributed by atoms with Crippen molar-refractivity contribution in [2.24, 2.45) is 0 Å². The highest BCUT2D eigenvalue weighted by molar-refractivity contribution is 6.67. The van der Waals surface area contributed by atoms with Crippen LogP contribution < -0.4 is 0 Å². The van der Waals surface area contributed by atoms with Gasteiger partial charge in [0.15, 0.2) is 0 Å². The fourth-order valence-corrected chi connectivity index (χ4v) is 1.69. The van der Waals surface area contributed by atoms with E-state index in [0.29, 0.717) is 5.57 Å². The van der Waals surface area contributed by atoms with Gasteiger partial charge in [-0.1, -0.05) is 30.3 Å². The number of benzene rings is 1. The lowest BCUT2D eigenvalue weighted by Crippen LogP contribution is -2.10. The molecule has 1 atom stereocenters. The van der Waals surface area contributed by atoms with E-state index in [4.69, 9.17) is 16.4 Å². The van der Waals surface area contributed by atoms with Crippen LogP contribution in [-0.2, 0) is 9.63 Å². The van der Waals surface area contributed by atoms with Gasteiger partial charge in [-0.3, -0.25) is 14.7 Å². The van der Waals surface area contributed by atoms with E-state index in [0.717, 1.165) is 5.56 Å². The molecule has 0 fully saturated rings. The smallest absolute Gasteiger partial charge is 0.252 e. The van der Waals surface area contributed by atoms with E-state index >= 15 is 0 Å². The predicted molar refractivity (Wildman–Crippen MR) is 57.0 cm³/mol. The van der Waals surface area contributed by atoms with Crippen molar-refractivity contribution in [1.29, 1.82) is 0 Å². The standard InChI is InChI=1S/C11H10ClNO2/c1-13-7-9(11(12)14)10(15-13)8-5-3-2-4-6-8/h2-7,10H,1H3. The summed E-state index contributed by atoms with van der Waals surface area (Å²) in [5.41, 5.74) is 1.38. The van der Waals surface area contributed by atoms with E-state index in [9.17, 15) is 4.79 Å². The number of halogens is 1. The summed E-state index contributed by atoms with van der Waals surface area (Å²) >= 11 is 5.48. The quantitative estimate of drug-likeness (QED) is 0.721. The Labute approximate surface area is 92.9 Å². The van der Waals surface area contributed by atoms with Crippen molar-refractivity contribution in [3.05, 3.63) is 47.7 Å². The molecule has 1 aliphatic rings. The van der Waals surface area contributed by atoms with E-state index in [1.807, 2.05) is 30.3 Å². The number of rotatable bonds is 2. The van der Waals surface area contributed by atoms with Gasteiger partial charge in [-0.15, -0.1) is 0 Å². The summed E-state index contributed by atoms with van der Waals surface area (Å²) in [6.07, 6.45) is 1.22. The van der Waals surface area contributed by atoms with Crippen molar-refractivity contribution < 1.29 is 9.63 Å². The zero-order valence-corrected chi connectivity index (χ0v) is 8.94. The fourth-order valence-electron chi connectivity index (χ4n) is 1.54. The van der Waals surface area contributed by atoms with Gasteiger partial charge >= 0.3 is 0 Å². The molecular weight excluding hydrogens is 214 g/mol. The highest BCUT2D eigenvalue weighted by Gasteiger charge is 2.29. The second-order valence-electron chi connectivity index (χ2n) is 3.30. The molecule has 2 rings (SSSR count). The average molecular weight is 224 g/mol. The number of carbonyl (C=O) groups excluding carboxylic acids is 1. The van der Waals surface area contributed by atoms with Crippen LogP contribution in [0.25, 0.3) is 0 Å². The van der Waals surface area contributed by atoms with Gasteiger partial charge in [-0.2, -0.15) is 0 Å². The van der Waals surface area contributed by atoms with Crippen molar-refractivity contribution in [3.8, 4) is 0 Å². The molecule has 15 heavy (non-hydrogen) atoms. The monoisotopic (exact) mass is 223 g/mol. The van der Waals surface area contributed by atoms with Crippen LogP contribution in [0, 0.1) is 0 Å². The molecule has 3 nitrogen and oxygen atoms in total. The van der Waals surface area contributed by atoms with E-state index < -0.39 is 5.24 Å². The van der Waals surface area contributed by atoms with Gasteiger partial charge in [-0.25, -0.2) is 0 Å². The summed E-state index contributed by atoms with van der Waals surface area (Å²) in [6, 6.07) is 9.50. The van der Waals surface area contributed by atoms with Gasteiger partial charge in [0.1, 0.15) is 6.10 Å². The normalized spacial score (nSPS) is 20.3. The topological polar surface area (TPSA) is 29.5 Å². The minimum Gasteiger partial charge on any atom is -0.276 e. The molecule has 1 aromatic carbocycles. The van der Waals surface area contributed by atoms with Crippen LogP contribution in [0.15, 0.2) is 42.1 Å². The Bertz CT molecular complexity index is 402. The molecule has 78 valence electrons. The molecule has 0 amide bonds. The summed E-state index contributed by atoms with van der Waals surface area (Å²) in [5.74, 6) is 0. The zero-order valence-electron chi connectivity index (χ0n) is 8.18. The first kappa shape index (κ1) is 10.2. The van der Waals surface area contributed by atoms with Crippen LogP contribution in [0.1, 0.15) is 11.7 Å². The first-order valence-electron chi connectivity index (χ1n) is 4.54. The van der Waals surface area contributed by atoms with Gasteiger partial charge in [-0.05, 0) is 17.2 Å². The van der Waals surface area contributed by atoms with E-state index in [1.165, 1.54) is 5.06 Å². The molecule has 0 radical (unpaired) electrons. The van der Waals surface area contributed by atoms with Crippen LogP contribution in [0.3, 0.4) is 0 Å². The highest BCUT2D eigenvalue weighted by atomic mass is 35.5. The lowest BCUT2D eigenvalue weighted by atomic mass is 10.0. The molecule has 0 aromatic heterocycles. The minimum absolute atomic E-state index is 0.388. The summed E-state index contributed by atoms with van der Waals surface area (Å²) in [7, 11) is 1.72. The third kappa shape index (κ3) is 2.03. The summed E-state index contributed by atoms with van der Waals surface area (Å²) in [5, 5.41) is 1.01. The number of carbonyl (C=O) groups is 1. The Morgan fingerprint density at radius 3 is 2.67 bits per heavy atom. The zero-order chi connectivity index (χ0) is 10.8.